The molecule has 2 N–H and O–H groups in total. The molecule has 2 heterocycles. The Morgan fingerprint density at radius 3 is 2.46 bits per heavy atom. The van der Waals surface area contributed by atoms with Crippen molar-refractivity contribution in [1.82, 2.24) is 14.3 Å². The molecule has 1 amide bonds. The van der Waals surface area contributed by atoms with Crippen molar-refractivity contribution in [3.05, 3.63) is 71.1 Å². The van der Waals surface area contributed by atoms with E-state index in [0.717, 1.165) is 16.5 Å². The fourth-order valence-electron chi connectivity index (χ4n) is 3.11. The van der Waals surface area contributed by atoms with Crippen LogP contribution in [0.1, 0.15) is 6.42 Å². The third kappa shape index (κ3) is 7.28. The maximum atomic E-state index is 12.8. The van der Waals surface area contributed by atoms with E-state index >= 15 is 0 Å². The quantitative estimate of drug-likeness (QED) is 0.381. The van der Waals surface area contributed by atoms with E-state index in [9.17, 15) is 13.2 Å². The van der Waals surface area contributed by atoms with Gasteiger partial charge in [0.05, 0.1) is 21.9 Å². The monoisotopic (exact) mass is 536 g/mol. The van der Waals surface area contributed by atoms with Gasteiger partial charge in [-0.05, 0) is 36.4 Å². The van der Waals surface area contributed by atoms with Gasteiger partial charge in [-0.25, -0.2) is 17.7 Å². The van der Waals surface area contributed by atoms with Crippen molar-refractivity contribution in [2.75, 3.05) is 49.3 Å². The highest BCUT2D eigenvalue weighted by molar-refractivity contribution is 7.89. The summed E-state index contributed by atoms with van der Waals surface area (Å²) in [5.41, 5.74) is 1.58. The Morgan fingerprint density at radius 1 is 1.03 bits per heavy atom. The van der Waals surface area contributed by atoms with Gasteiger partial charge in [-0.2, -0.15) is 0 Å². The van der Waals surface area contributed by atoms with Gasteiger partial charge in [0.15, 0.2) is 0 Å². The Bertz CT molecular complexity index is 1240. The highest BCUT2D eigenvalue weighted by atomic mass is 35.5. The molecule has 3 rings (SSSR count). The van der Waals surface area contributed by atoms with Gasteiger partial charge in [-0.15, -0.1) is 0 Å². The van der Waals surface area contributed by atoms with Crippen molar-refractivity contribution >= 4 is 56.3 Å². The number of rotatable bonds is 11. The maximum Gasteiger partial charge on any atom is 0.244 e. The molecule has 0 aliphatic heterocycles. The zero-order chi connectivity index (χ0) is 25.4. The summed E-state index contributed by atoms with van der Waals surface area (Å²) in [5, 5.41) is 6.05. The maximum absolute atomic E-state index is 12.8. The normalized spacial score (nSPS) is 11.3. The molecule has 0 saturated heterocycles. The molecule has 0 radical (unpaired) electrons. The van der Waals surface area contributed by atoms with Gasteiger partial charge in [-0.1, -0.05) is 29.3 Å². The summed E-state index contributed by atoms with van der Waals surface area (Å²) in [6, 6.07) is 11.8. The van der Waals surface area contributed by atoms with E-state index < -0.39 is 10.0 Å². The van der Waals surface area contributed by atoms with Crippen molar-refractivity contribution in [2.24, 2.45) is 0 Å². The van der Waals surface area contributed by atoms with Crippen LogP contribution in [0.2, 0.25) is 10.0 Å². The van der Waals surface area contributed by atoms with Crippen molar-refractivity contribution in [2.45, 2.75) is 11.3 Å². The number of carbonyl (C=O) groups is 1. The zero-order valence-electron chi connectivity index (χ0n) is 19.3. The first-order valence-corrected chi connectivity index (χ1v) is 12.9. The molecule has 0 fully saturated rings. The molecule has 2 aromatic heterocycles. The first-order valence-electron chi connectivity index (χ1n) is 10.7. The third-order valence-electron chi connectivity index (χ3n) is 5.16. The number of nitrogens with one attached hydrogen (secondary N) is 2. The summed E-state index contributed by atoms with van der Waals surface area (Å²) in [5.74, 6) is 0.334. The Balaban J connectivity index is 1.45. The minimum absolute atomic E-state index is 0.0327. The fourth-order valence-corrected chi connectivity index (χ4v) is 5.01. The summed E-state index contributed by atoms with van der Waals surface area (Å²) in [7, 11) is -0.511. The molecule has 0 aliphatic carbocycles. The lowest BCUT2D eigenvalue weighted by molar-refractivity contribution is -0.116. The Labute approximate surface area is 215 Å². The van der Waals surface area contributed by atoms with Crippen LogP contribution < -0.4 is 15.5 Å². The van der Waals surface area contributed by atoms with Crippen molar-refractivity contribution < 1.29 is 13.2 Å². The molecular weight excluding hydrogens is 511 g/mol. The molecule has 3 aromatic rings. The molecule has 1 aromatic carbocycles. The lowest BCUT2D eigenvalue weighted by atomic mass is 10.3. The van der Waals surface area contributed by atoms with E-state index in [1.54, 1.807) is 30.7 Å². The largest absolute Gasteiger partial charge is 0.373 e. The molecule has 9 nitrogen and oxygen atoms in total. The van der Waals surface area contributed by atoms with E-state index in [0.29, 0.717) is 18.1 Å². The summed E-state index contributed by atoms with van der Waals surface area (Å²) in [6.45, 7) is 1.41. The second kappa shape index (κ2) is 12.2. The van der Waals surface area contributed by atoms with Crippen LogP contribution in [0.5, 0.6) is 0 Å². The van der Waals surface area contributed by atoms with Gasteiger partial charge in [-0.3, -0.25) is 9.78 Å². The molecule has 0 bridgehead atoms. The van der Waals surface area contributed by atoms with Gasteiger partial charge in [0, 0.05) is 58.2 Å². The minimum Gasteiger partial charge on any atom is -0.373 e. The van der Waals surface area contributed by atoms with Crippen LogP contribution in [-0.2, 0) is 14.8 Å². The number of aromatic nitrogens is 2. The molecule has 12 heteroatoms. The van der Waals surface area contributed by atoms with E-state index in [1.165, 1.54) is 25.2 Å². The van der Waals surface area contributed by atoms with Crippen LogP contribution in [-0.4, -0.2) is 62.3 Å². The van der Waals surface area contributed by atoms with E-state index in [4.69, 9.17) is 23.2 Å². The summed E-state index contributed by atoms with van der Waals surface area (Å²) in [4.78, 5) is 22.6. The highest BCUT2D eigenvalue weighted by Gasteiger charge is 2.25. The Hall–Kier alpha value is -2.92. The fraction of sp³-hybridized carbons (Fsp3) is 0.261. The number of likely N-dealkylation sites (N-methyl/N-ethyl adjacent to an activating group) is 1. The van der Waals surface area contributed by atoms with Crippen LogP contribution in [0.3, 0.4) is 0 Å². The van der Waals surface area contributed by atoms with Crippen molar-refractivity contribution in [1.29, 1.82) is 0 Å². The minimum atomic E-state index is -3.89. The number of pyridine rings is 2. The first-order chi connectivity index (χ1) is 16.7. The smallest absolute Gasteiger partial charge is 0.244 e. The average molecular weight is 537 g/mol. The van der Waals surface area contributed by atoms with Crippen molar-refractivity contribution in [3.8, 4) is 0 Å². The van der Waals surface area contributed by atoms with E-state index in [1.807, 2.05) is 19.2 Å². The lowest BCUT2D eigenvalue weighted by Crippen LogP contribution is -2.30. The summed E-state index contributed by atoms with van der Waals surface area (Å²) in [6.07, 6.45) is 4.99. The topological polar surface area (TPSA) is 108 Å². The molecule has 0 unspecified atom stereocenters. The number of benzene rings is 1. The number of hydrogen-bond donors (Lipinski definition) is 2. The number of anilines is 3. The standard InChI is InChI=1S/C23H26Cl2N6O3S/c1-30(18-8-11-26-12-9-18)15-13-27-21-7-6-17(16-28-21)29-22(32)10-14-31(2)35(33,34)20-5-3-4-19(24)23(20)25/h3-9,11-12,16H,10,13-15H2,1-2H3,(H,27,28)(H,29,32). The van der Waals surface area contributed by atoms with E-state index in [2.05, 4.69) is 25.5 Å². The number of nitrogens with zero attached hydrogens (tertiary/aromatic N) is 4. The number of amides is 1. The predicted octanol–water partition coefficient (Wildman–Crippen LogP) is 3.98. The number of sulfonamides is 1. The molecule has 0 atom stereocenters. The average Bonchev–Trinajstić information content (AvgIpc) is 2.85. The summed E-state index contributed by atoms with van der Waals surface area (Å²) >= 11 is 12.0. The third-order valence-corrected chi connectivity index (χ3v) is 7.99. The second-order valence-corrected chi connectivity index (χ2v) is 10.5. The van der Waals surface area contributed by atoms with Crippen LogP contribution in [0.4, 0.5) is 17.2 Å². The number of hydrogen-bond acceptors (Lipinski definition) is 7. The molecular formula is C23H26Cl2N6O3S. The van der Waals surface area contributed by atoms with Crippen LogP contribution in [0.25, 0.3) is 0 Å². The Morgan fingerprint density at radius 2 is 1.77 bits per heavy atom. The summed E-state index contributed by atoms with van der Waals surface area (Å²) < 4.78 is 26.6. The predicted molar refractivity (Wildman–Crippen MR) is 140 cm³/mol. The number of carbonyl (C=O) groups excluding carboxylic acids is 1. The molecule has 0 spiro atoms. The van der Waals surface area contributed by atoms with Crippen LogP contribution >= 0.6 is 23.2 Å². The SMILES string of the molecule is CN(CCNc1ccc(NC(=O)CCN(C)S(=O)(=O)c2cccc(Cl)c2Cl)cn1)c1ccncc1. The second-order valence-electron chi connectivity index (χ2n) is 7.66. The first kappa shape index (κ1) is 26.7. The molecule has 186 valence electrons. The van der Waals surface area contributed by atoms with Crippen LogP contribution in [0, 0.1) is 0 Å². The zero-order valence-corrected chi connectivity index (χ0v) is 21.6. The van der Waals surface area contributed by atoms with Crippen LogP contribution in [0.15, 0.2) is 66.0 Å². The highest BCUT2D eigenvalue weighted by Crippen LogP contribution is 2.30. The Kier molecular flexibility index (Phi) is 9.27. The van der Waals surface area contributed by atoms with Gasteiger partial charge < -0.3 is 15.5 Å². The van der Waals surface area contributed by atoms with Gasteiger partial charge in [0.2, 0.25) is 15.9 Å². The van der Waals surface area contributed by atoms with E-state index in [-0.39, 0.29) is 33.8 Å². The molecule has 0 saturated carbocycles. The molecule has 0 aliphatic rings. The van der Waals surface area contributed by atoms with Gasteiger partial charge in [0.25, 0.3) is 0 Å². The molecule has 35 heavy (non-hydrogen) atoms. The van der Waals surface area contributed by atoms with Gasteiger partial charge in [0.1, 0.15) is 10.7 Å². The van der Waals surface area contributed by atoms with Gasteiger partial charge >= 0.3 is 0 Å². The number of halogens is 2. The lowest BCUT2D eigenvalue weighted by Gasteiger charge is -2.19. The van der Waals surface area contributed by atoms with Crippen molar-refractivity contribution in [3.63, 3.8) is 0 Å².